The van der Waals surface area contributed by atoms with E-state index in [1.54, 1.807) is 6.92 Å². The van der Waals surface area contributed by atoms with Gasteiger partial charge in [0.05, 0.1) is 17.7 Å². The molecule has 0 radical (unpaired) electrons. The van der Waals surface area contributed by atoms with Gasteiger partial charge in [0.2, 0.25) is 11.8 Å². The minimum atomic E-state index is -4.28. The molecule has 4 aromatic rings. The van der Waals surface area contributed by atoms with Gasteiger partial charge in [0.25, 0.3) is 10.0 Å². The number of carbonyl (C=O) groups excluding carboxylic acids is 2. The largest absolute Gasteiger partial charge is 0.497 e. The van der Waals surface area contributed by atoms with Crippen molar-refractivity contribution >= 4 is 39.1 Å². The number of hydrogen-bond acceptors (Lipinski definition) is 5. The van der Waals surface area contributed by atoms with Crippen molar-refractivity contribution in [3.8, 4) is 5.75 Å². The first-order valence-electron chi connectivity index (χ1n) is 13.9. The first kappa shape index (κ1) is 32.5. The molecule has 0 aliphatic carbocycles. The van der Waals surface area contributed by atoms with E-state index in [9.17, 15) is 22.4 Å². The molecule has 0 aliphatic heterocycles. The number of nitrogens with one attached hydrogen (secondary N) is 1. The molecule has 0 bridgehead atoms. The third-order valence-corrected chi connectivity index (χ3v) is 8.97. The Bertz CT molecular complexity index is 1650. The molecule has 1 N–H and O–H groups in total. The van der Waals surface area contributed by atoms with E-state index >= 15 is 0 Å². The molecular weight excluding hydrogens is 605 g/mol. The van der Waals surface area contributed by atoms with Crippen molar-refractivity contribution in [2.24, 2.45) is 0 Å². The van der Waals surface area contributed by atoms with E-state index in [-0.39, 0.29) is 23.5 Å². The molecule has 230 valence electrons. The summed E-state index contributed by atoms with van der Waals surface area (Å²) in [5.74, 6) is -1.01. The van der Waals surface area contributed by atoms with Gasteiger partial charge in [-0.2, -0.15) is 0 Å². The Morgan fingerprint density at radius 3 is 2.11 bits per heavy atom. The van der Waals surface area contributed by atoms with Crippen LogP contribution < -0.4 is 14.4 Å². The van der Waals surface area contributed by atoms with E-state index in [0.29, 0.717) is 22.9 Å². The van der Waals surface area contributed by atoms with Crippen LogP contribution in [0.5, 0.6) is 5.75 Å². The second-order valence-electron chi connectivity index (χ2n) is 9.91. The van der Waals surface area contributed by atoms with Gasteiger partial charge >= 0.3 is 0 Å². The SMILES string of the molecule is CCNC(=O)[C@H](Cc1ccccc1)N(Cc1ccc(F)cc1)C(=O)CN(c1ccc(Cl)cc1)S(=O)(=O)c1ccc(OC)cc1. The number of anilines is 1. The fourth-order valence-electron chi connectivity index (χ4n) is 4.64. The number of carbonyl (C=O) groups is 2. The Labute approximate surface area is 262 Å². The first-order chi connectivity index (χ1) is 21.1. The van der Waals surface area contributed by atoms with Crippen molar-refractivity contribution in [1.29, 1.82) is 0 Å². The van der Waals surface area contributed by atoms with Gasteiger partial charge in [-0.15, -0.1) is 0 Å². The van der Waals surface area contributed by atoms with Crippen LogP contribution >= 0.6 is 11.6 Å². The van der Waals surface area contributed by atoms with E-state index in [2.05, 4.69) is 5.32 Å². The second-order valence-corrected chi connectivity index (χ2v) is 12.2. The summed E-state index contributed by atoms with van der Waals surface area (Å²) in [6.45, 7) is 1.41. The number of sulfonamides is 1. The summed E-state index contributed by atoms with van der Waals surface area (Å²) in [7, 11) is -2.81. The van der Waals surface area contributed by atoms with E-state index < -0.39 is 40.2 Å². The maximum atomic E-state index is 14.3. The molecule has 0 heterocycles. The van der Waals surface area contributed by atoms with Crippen LogP contribution in [-0.4, -0.2) is 51.4 Å². The highest BCUT2D eigenvalue weighted by atomic mass is 35.5. The summed E-state index contributed by atoms with van der Waals surface area (Å²) < 4.78 is 48.0. The van der Waals surface area contributed by atoms with Crippen LogP contribution in [0.15, 0.2) is 108 Å². The monoisotopic (exact) mass is 637 g/mol. The summed E-state index contributed by atoms with van der Waals surface area (Å²) in [6.07, 6.45) is 0.172. The number of amides is 2. The maximum Gasteiger partial charge on any atom is 0.264 e. The lowest BCUT2D eigenvalue weighted by Gasteiger charge is -2.33. The Morgan fingerprint density at radius 2 is 1.52 bits per heavy atom. The number of nitrogens with zero attached hydrogens (tertiary/aromatic N) is 2. The number of ether oxygens (including phenoxy) is 1. The Hall–Kier alpha value is -4.41. The highest BCUT2D eigenvalue weighted by Crippen LogP contribution is 2.27. The molecule has 0 aliphatic rings. The van der Waals surface area contributed by atoms with Crippen molar-refractivity contribution < 1.29 is 27.1 Å². The van der Waals surface area contributed by atoms with Crippen LogP contribution in [0.4, 0.5) is 10.1 Å². The van der Waals surface area contributed by atoms with Gasteiger partial charge in [0.1, 0.15) is 24.2 Å². The molecule has 1 atom stereocenters. The van der Waals surface area contributed by atoms with Gasteiger partial charge in [-0.1, -0.05) is 54.1 Å². The molecule has 0 spiro atoms. The molecule has 0 aromatic heterocycles. The first-order valence-corrected chi connectivity index (χ1v) is 15.7. The normalized spacial score (nSPS) is 11.8. The van der Waals surface area contributed by atoms with Crippen molar-refractivity contribution in [1.82, 2.24) is 10.2 Å². The quantitative estimate of drug-likeness (QED) is 0.210. The average molecular weight is 638 g/mol. The third-order valence-electron chi connectivity index (χ3n) is 6.93. The predicted molar refractivity (Wildman–Crippen MR) is 169 cm³/mol. The van der Waals surface area contributed by atoms with Crippen molar-refractivity contribution in [2.75, 3.05) is 24.5 Å². The second kappa shape index (κ2) is 14.9. The summed E-state index contributed by atoms with van der Waals surface area (Å²) in [6, 6.07) is 25.7. The lowest BCUT2D eigenvalue weighted by atomic mass is 10.0. The number of benzene rings is 4. The summed E-state index contributed by atoms with van der Waals surface area (Å²) in [4.78, 5) is 29.1. The molecule has 0 unspecified atom stereocenters. The standard InChI is InChI=1S/C33H33ClFN3O5S/c1-3-36-33(40)31(21-24-7-5-4-6-8-24)37(22-25-9-13-27(35)14-10-25)32(39)23-38(28-15-11-26(34)12-16-28)44(41,42)30-19-17-29(43-2)18-20-30/h4-20,31H,3,21-23H2,1-2H3,(H,36,40)/t31-/m0/s1. The van der Waals surface area contributed by atoms with Crippen LogP contribution in [0.25, 0.3) is 0 Å². The third kappa shape index (κ3) is 8.15. The highest BCUT2D eigenvalue weighted by molar-refractivity contribution is 7.92. The zero-order chi connectivity index (χ0) is 31.7. The zero-order valence-corrected chi connectivity index (χ0v) is 25.9. The number of rotatable bonds is 13. The average Bonchev–Trinajstić information content (AvgIpc) is 3.03. The highest BCUT2D eigenvalue weighted by Gasteiger charge is 2.34. The molecule has 44 heavy (non-hydrogen) atoms. The topological polar surface area (TPSA) is 96.0 Å². The molecule has 4 rings (SSSR count). The Morgan fingerprint density at radius 1 is 0.886 bits per heavy atom. The number of likely N-dealkylation sites (N-methyl/N-ethyl adjacent to an activating group) is 1. The molecule has 0 saturated carbocycles. The van der Waals surface area contributed by atoms with E-state index in [1.165, 1.54) is 84.8 Å². The van der Waals surface area contributed by atoms with Gasteiger partial charge < -0.3 is 15.0 Å². The number of halogens is 2. The van der Waals surface area contributed by atoms with E-state index in [1.807, 2.05) is 30.3 Å². The van der Waals surface area contributed by atoms with E-state index in [4.69, 9.17) is 16.3 Å². The van der Waals surface area contributed by atoms with Gasteiger partial charge in [-0.3, -0.25) is 13.9 Å². The van der Waals surface area contributed by atoms with Crippen LogP contribution in [0, 0.1) is 5.82 Å². The maximum absolute atomic E-state index is 14.3. The smallest absolute Gasteiger partial charge is 0.264 e. The van der Waals surface area contributed by atoms with Crippen LogP contribution in [0.3, 0.4) is 0 Å². The fourth-order valence-corrected chi connectivity index (χ4v) is 6.18. The van der Waals surface area contributed by atoms with Crippen LogP contribution in [0.1, 0.15) is 18.1 Å². The molecular formula is C33H33ClFN3O5S. The minimum Gasteiger partial charge on any atom is -0.497 e. The molecule has 0 fully saturated rings. The Balaban J connectivity index is 1.78. The fraction of sp³-hybridized carbons (Fsp3) is 0.212. The summed E-state index contributed by atoms with van der Waals surface area (Å²) in [5, 5.41) is 3.19. The molecule has 2 amide bonds. The lowest BCUT2D eigenvalue weighted by Crippen LogP contribution is -2.53. The van der Waals surface area contributed by atoms with Crippen molar-refractivity contribution in [2.45, 2.75) is 30.8 Å². The van der Waals surface area contributed by atoms with Crippen LogP contribution in [0.2, 0.25) is 5.02 Å². The van der Waals surface area contributed by atoms with Crippen molar-refractivity contribution in [3.05, 3.63) is 125 Å². The van der Waals surface area contributed by atoms with Crippen LogP contribution in [-0.2, 0) is 32.6 Å². The molecule has 4 aromatic carbocycles. The predicted octanol–water partition coefficient (Wildman–Crippen LogP) is 5.46. The number of hydrogen-bond donors (Lipinski definition) is 1. The Kier molecular flexibility index (Phi) is 11.0. The molecule has 11 heteroatoms. The summed E-state index contributed by atoms with van der Waals surface area (Å²) >= 11 is 6.09. The molecule has 8 nitrogen and oxygen atoms in total. The van der Waals surface area contributed by atoms with Gasteiger partial charge in [-0.05, 0) is 78.7 Å². The van der Waals surface area contributed by atoms with Gasteiger partial charge in [0, 0.05) is 24.5 Å². The van der Waals surface area contributed by atoms with Gasteiger partial charge in [-0.25, -0.2) is 12.8 Å². The van der Waals surface area contributed by atoms with Crippen molar-refractivity contribution in [3.63, 3.8) is 0 Å². The lowest BCUT2D eigenvalue weighted by molar-refractivity contribution is -0.140. The van der Waals surface area contributed by atoms with E-state index in [0.717, 1.165) is 9.87 Å². The van der Waals surface area contributed by atoms with Gasteiger partial charge in [0.15, 0.2) is 0 Å². The zero-order valence-electron chi connectivity index (χ0n) is 24.3. The summed E-state index contributed by atoms with van der Waals surface area (Å²) in [5.41, 5.74) is 1.58. The number of methoxy groups -OCH3 is 1. The molecule has 0 saturated heterocycles. The minimum absolute atomic E-state index is 0.0595.